The van der Waals surface area contributed by atoms with Crippen molar-refractivity contribution in [2.45, 2.75) is 12.0 Å². The standard InChI is InChI=1S/C20H24N6O3/c1-28-7-8-29-19-15-11-22-18(9-16(15)25-26-19)24-20(27)23-17-12-21-10-14(17)13-5-3-2-4-6-13/h2-6,9,11,14,17,21H,7-8,10,12H2,1H3,(H,25,26)(H2,22,23,24,27). The molecule has 2 unspecified atom stereocenters. The molecule has 1 aromatic carbocycles. The van der Waals surface area contributed by atoms with Gasteiger partial charge in [-0.25, -0.2) is 9.78 Å². The highest BCUT2D eigenvalue weighted by molar-refractivity contribution is 5.92. The number of carbonyl (C=O) groups excluding carboxylic acids is 1. The van der Waals surface area contributed by atoms with E-state index < -0.39 is 0 Å². The van der Waals surface area contributed by atoms with Crippen LogP contribution in [0.15, 0.2) is 42.6 Å². The molecular weight excluding hydrogens is 372 g/mol. The molecule has 1 aliphatic rings. The summed E-state index contributed by atoms with van der Waals surface area (Å²) >= 11 is 0. The minimum atomic E-state index is -0.289. The van der Waals surface area contributed by atoms with Crippen LogP contribution in [0.25, 0.3) is 10.9 Å². The Morgan fingerprint density at radius 1 is 1.24 bits per heavy atom. The second-order valence-corrected chi connectivity index (χ2v) is 6.87. The van der Waals surface area contributed by atoms with E-state index in [1.54, 1.807) is 19.4 Å². The van der Waals surface area contributed by atoms with Gasteiger partial charge in [-0.1, -0.05) is 30.3 Å². The predicted molar refractivity (Wildman–Crippen MR) is 109 cm³/mol. The van der Waals surface area contributed by atoms with Crippen LogP contribution < -0.4 is 20.7 Å². The second-order valence-electron chi connectivity index (χ2n) is 6.87. The Morgan fingerprint density at radius 3 is 2.93 bits per heavy atom. The van der Waals surface area contributed by atoms with Gasteiger partial charge in [0.2, 0.25) is 5.88 Å². The van der Waals surface area contributed by atoms with Crippen molar-refractivity contribution in [3.8, 4) is 5.88 Å². The van der Waals surface area contributed by atoms with Gasteiger partial charge < -0.3 is 20.1 Å². The van der Waals surface area contributed by atoms with Gasteiger partial charge in [0.15, 0.2) is 0 Å². The molecule has 0 bridgehead atoms. The number of nitrogens with one attached hydrogen (secondary N) is 4. The lowest BCUT2D eigenvalue weighted by Gasteiger charge is -2.20. The second kappa shape index (κ2) is 8.89. The maximum Gasteiger partial charge on any atom is 0.320 e. The third kappa shape index (κ3) is 4.47. The summed E-state index contributed by atoms with van der Waals surface area (Å²) in [5.74, 6) is 1.13. The van der Waals surface area contributed by atoms with Gasteiger partial charge in [-0.15, -0.1) is 5.10 Å². The molecule has 0 spiro atoms. The fourth-order valence-electron chi connectivity index (χ4n) is 3.49. The lowest BCUT2D eigenvalue weighted by Crippen LogP contribution is -2.42. The molecule has 2 amide bonds. The topological polar surface area (TPSA) is 113 Å². The largest absolute Gasteiger partial charge is 0.474 e. The van der Waals surface area contributed by atoms with Crippen molar-refractivity contribution < 1.29 is 14.3 Å². The normalized spacial score (nSPS) is 18.7. The van der Waals surface area contributed by atoms with Crippen molar-refractivity contribution in [2.24, 2.45) is 0 Å². The average molecular weight is 396 g/mol. The highest BCUT2D eigenvalue weighted by Crippen LogP contribution is 2.24. The van der Waals surface area contributed by atoms with E-state index in [4.69, 9.17) is 9.47 Å². The van der Waals surface area contributed by atoms with Crippen molar-refractivity contribution in [1.29, 1.82) is 0 Å². The van der Waals surface area contributed by atoms with Crippen molar-refractivity contribution in [3.05, 3.63) is 48.2 Å². The van der Waals surface area contributed by atoms with E-state index in [1.165, 1.54) is 5.56 Å². The quantitative estimate of drug-likeness (QED) is 0.454. The van der Waals surface area contributed by atoms with Crippen molar-refractivity contribution in [3.63, 3.8) is 0 Å². The fourth-order valence-corrected chi connectivity index (χ4v) is 3.49. The molecule has 0 radical (unpaired) electrons. The SMILES string of the molecule is COCCOc1n[nH]c2cc(NC(=O)NC3CNCC3c3ccccc3)ncc12. The lowest BCUT2D eigenvalue weighted by molar-refractivity contribution is 0.144. The summed E-state index contributed by atoms with van der Waals surface area (Å²) < 4.78 is 10.5. The van der Waals surface area contributed by atoms with Crippen molar-refractivity contribution in [2.75, 3.05) is 38.7 Å². The van der Waals surface area contributed by atoms with Gasteiger partial charge >= 0.3 is 6.03 Å². The van der Waals surface area contributed by atoms with Crippen LogP contribution in [-0.4, -0.2) is 60.7 Å². The molecule has 1 aliphatic heterocycles. The number of benzene rings is 1. The van der Waals surface area contributed by atoms with Gasteiger partial charge in [0.1, 0.15) is 12.4 Å². The Hall–Kier alpha value is -3.17. The summed E-state index contributed by atoms with van der Waals surface area (Å²) in [5.41, 5.74) is 1.94. The van der Waals surface area contributed by atoms with Gasteiger partial charge in [-0.2, -0.15) is 0 Å². The number of aromatic amines is 1. The number of aromatic nitrogens is 3. The first-order valence-electron chi connectivity index (χ1n) is 9.53. The number of nitrogens with zero attached hydrogens (tertiary/aromatic N) is 2. The number of methoxy groups -OCH3 is 1. The number of hydrogen-bond donors (Lipinski definition) is 4. The molecule has 4 rings (SSSR count). The monoisotopic (exact) mass is 396 g/mol. The smallest absolute Gasteiger partial charge is 0.320 e. The predicted octanol–water partition coefficient (Wildman–Crippen LogP) is 1.86. The van der Waals surface area contributed by atoms with Crippen LogP contribution in [0.3, 0.4) is 0 Å². The third-order valence-corrected chi connectivity index (χ3v) is 4.94. The Kier molecular flexibility index (Phi) is 5.87. The molecule has 3 aromatic rings. The van der Waals surface area contributed by atoms with Gasteiger partial charge in [0, 0.05) is 38.4 Å². The highest BCUT2D eigenvalue weighted by Gasteiger charge is 2.29. The van der Waals surface area contributed by atoms with Crippen LogP contribution in [0.1, 0.15) is 11.5 Å². The third-order valence-electron chi connectivity index (χ3n) is 4.94. The van der Waals surface area contributed by atoms with Crippen molar-refractivity contribution >= 4 is 22.8 Å². The first-order chi connectivity index (χ1) is 14.2. The van der Waals surface area contributed by atoms with E-state index in [9.17, 15) is 4.79 Å². The number of hydrogen-bond acceptors (Lipinski definition) is 6. The zero-order valence-electron chi connectivity index (χ0n) is 16.1. The fraction of sp³-hybridized carbons (Fsp3) is 0.350. The maximum absolute atomic E-state index is 12.5. The summed E-state index contributed by atoms with van der Waals surface area (Å²) in [4.78, 5) is 16.8. The summed E-state index contributed by atoms with van der Waals surface area (Å²) in [6.07, 6.45) is 1.63. The number of pyridine rings is 1. The Labute approximate surface area is 168 Å². The van der Waals surface area contributed by atoms with E-state index in [1.807, 2.05) is 18.2 Å². The number of amides is 2. The maximum atomic E-state index is 12.5. The van der Waals surface area contributed by atoms with Crippen LogP contribution in [0.2, 0.25) is 0 Å². The molecule has 9 nitrogen and oxygen atoms in total. The number of carbonyl (C=O) groups is 1. The average Bonchev–Trinajstić information content (AvgIpc) is 3.35. The van der Waals surface area contributed by atoms with E-state index in [-0.39, 0.29) is 18.0 Å². The minimum Gasteiger partial charge on any atom is -0.474 e. The number of anilines is 1. The Morgan fingerprint density at radius 2 is 2.10 bits per heavy atom. The molecule has 1 fully saturated rings. The molecule has 4 N–H and O–H groups in total. The summed E-state index contributed by atoms with van der Waals surface area (Å²) in [6.45, 7) is 2.43. The van der Waals surface area contributed by atoms with Crippen LogP contribution in [-0.2, 0) is 4.74 Å². The van der Waals surface area contributed by atoms with E-state index in [0.29, 0.717) is 24.9 Å². The Bertz CT molecular complexity index is 961. The van der Waals surface area contributed by atoms with E-state index >= 15 is 0 Å². The highest BCUT2D eigenvalue weighted by atomic mass is 16.5. The molecule has 2 aromatic heterocycles. The molecule has 3 heterocycles. The van der Waals surface area contributed by atoms with Gasteiger partial charge in [-0.3, -0.25) is 10.4 Å². The summed E-state index contributed by atoms with van der Waals surface area (Å²) in [6, 6.07) is 11.6. The minimum absolute atomic E-state index is 0.00840. The van der Waals surface area contributed by atoms with Gasteiger partial charge in [-0.05, 0) is 5.56 Å². The molecule has 2 atom stereocenters. The molecule has 1 saturated heterocycles. The van der Waals surface area contributed by atoms with Crippen molar-refractivity contribution in [1.82, 2.24) is 25.8 Å². The zero-order valence-corrected chi connectivity index (χ0v) is 16.1. The van der Waals surface area contributed by atoms with Crippen LogP contribution in [0.4, 0.5) is 10.6 Å². The number of ether oxygens (including phenoxy) is 2. The number of rotatable bonds is 7. The van der Waals surface area contributed by atoms with E-state index in [2.05, 4.69) is 43.3 Å². The van der Waals surface area contributed by atoms with Crippen LogP contribution >= 0.6 is 0 Å². The first kappa shape index (κ1) is 19.2. The molecule has 9 heteroatoms. The number of urea groups is 1. The molecule has 0 saturated carbocycles. The molecular formula is C20H24N6O3. The summed E-state index contributed by atoms with van der Waals surface area (Å²) in [5, 5.41) is 17.0. The zero-order chi connectivity index (χ0) is 20.1. The molecule has 0 aliphatic carbocycles. The van der Waals surface area contributed by atoms with E-state index in [0.717, 1.165) is 24.0 Å². The number of H-pyrrole nitrogens is 1. The molecule has 152 valence electrons. The summed E-state index contributed by atoms with van der Waals surface area (Å²) in [7, 11) is 1.61. The van der Waals surface area contributed by atoms with Gasteiger partial charge in [0.05, 0.1) is 23.6 Å². The van der Waals surface area contributed by atoms with Crippen LogP contribution in [0.5, 0.6) is 5.88 Å². The van der Waals surface area contributed by atoms with Gasteiger partial charge in [0.25, 0.3) is 0 Å². The number of fused-ring (bicyclic) bond motifs is 1. The lowest BCUT2D eigenvalue weighted by atomic mass is 9.94. The Balaban J connectivity index is 1.38. The first-order valence-corrected chi connectivity index (χ1v) is 9.53. The molecule has 29 heavy (non-hydrogen) atoms. The van der Waals surface area contributed by atoms with Crippen LogP contribution in [0, 0.1) is 0 Å².